The second kappa shape index (κ2) is 8.04. The second-order valence-electron chi connectivity index (χ2n) is 6.61. The Morgan fingerprint density at radius 1 is 1.21 bits per heavy atom. The molecular formula is C16H28N6O2. The summed E-state index contributed by atoms with van der Waals surface area (Å²) >= 11 is 0. The number of nitrogens with zero attached hydrogens (tertiary/aromatic N) is 5. The minimum atomic E-state index is 0.149. The summed E-state index contributed by atoms with van der Waals surface area (Å²) in [6.45, 7) is 12.2. The molecule has 2 aliphatic rings. The predicted molar refractivity (Wildman–Crippen MR) is 89.5 cm³/mol. The first-order chi connectivity index (χ1) is 11.6. The van der Waals surface area contributed by atoms with Crippen molar-refractivity contribution in [2.75, 3.05) is 58.9 Å². The van der Waals surface area contributed by atoms with E-state index in [4.69, 9.17) is 4.52 Å². The van der Waals surface area contributed by atoms with E-state index in [9.17, 15) is 4.79 Å². The highest BCUT2D eigenvalue weighted by Gasteiger charge is 2.26. The average Bonchev–Trinajstić information content (AvgIpc) is 3.06. The number of aromatic nitrogens is 2. The van der Waals surface area contributed by atoms with Gasteiger partial charge in [-0.05, 0) is 13.8 Å². The highest BCUT2D eigenvalue weighted by molar-refractivity contribution is 5.76. The molecule has 3 rings (SSSR count). The molecule has 2 aliphatic heterocycles. The van der Waals surface area contributed by atoms with Crippen LogP contribution in [-0.2, 0) is 4.79 Å². The van der Waals surface area contributed by atoms with E-state index in [1.807, 2.05) is 11.8 Å². The van der Waals surface area contributed by atoms with E-state index in [2.05, 4.69) is 32.2 Å². The first-order valence-corrected chi connectivity index (χ1v) is 8.88. The fourth-order valence-electron chi connectivity index (χ4n) is 3.34. The third-order valence-electron chi connectivity index (χ3n) is 4.97. The minimum absolute atomic E-state index is 0.149. The number of carbonyl (C=O) groups is 1. The predicted octanol–water partition coefficient (Wildman–Crippen LogP) is -0.121. The topological polar surface area (TPSA) is 77.7 Å². The van der Waals surface area contributed by atoms with Gasteiger partial charge in [0.2, 0.25) is 11.8 Å². The third-order valence-corrected chi connectivity index (χ3v) is 4.97. The number of aryl methyl sites for hydroxylation is 1. The van der Waals surface area contributed by atoms with Gasteiger partial charge in [-0.1, -0.05) is 5.16 Å². The normalized spacial score (nSPS) is 21.8. The van der Waals surface area contributed by atoms with E-state index in [0.717, 1.165) is 58.9 Å². The van der Waals surface area contributed by atoms with Crippen molar-refractivity contribution in [1.82, 2.24) is 30.2 Å². The Morgan fingerprint density at radius 2 is 1.92 bits per heavy atom. The van der Waals surface area contributed by atoms with Crippen molar-refractivity contribution in [2.24, 2.45) is 0 Å². The molecule has 8 nitrogen and oxygen atoms in total. The van der Waals surface area contributed by atoms with Crippen LogP contribution in [0.5, 0.6) is 0 Å². The number of hydrogen-bond acceptors (Lipinski definition) is 7. The molecule has 1 aromatic rings. The molecule has 0 radical (unpaired) electrons. The molecule has 1 atom stereocenters. The average molecular weight is 336 g/mol. The first kappa shape index (κ1) is 17.3. The monoisotopic (exact) mass is 336 g/mol. The van der Waals surface area contributed by atoms with E-state index in [-0.39, 0.29) is 11.9 Å². The van der Waals surface area contributed by atoms with Crippen LogP contribution in [0.15, 0.2) is 4.52 Å². The lowest BCUT2D eigenvalue weighted by atomic mass is 10.2. The smallest absolute Gasteiger partial charge is 0.243 e. The van der Waals surface area contributed by atoms with Gasteiger partial charge in [0, 0.05) is 65.3 Å². The number of rotatable bonds is 5. The summed E-state index contributed by atoms with van der Waals surface area (Å²) < 4.78 is 5.28. The second-order valence-corrected chi connectivity index (χ2v) is 6.61. The molecule has 1 N–H and O–H groups in total. The van der Waals surface area contributed by atoms with Crippen molar-refractivity contribution in [3.63, 3.8) is 0 Å². The lowest BCUT2D eigenvalue weighted by molar-refractivity contribution is -0.132. The number of hydrogen-bond donors (Lipinski definition) is 1. The molecule has 1 unspecified atom stereocenters. The molecule has 24 heavy (non-hydrogen) atoms. The molecule has 2 saturated heterocycles. The number of carbonyl (C=O) groups excluding carboxylic acids is 1. The van der Waals surface area contributed by atoms with Gasteiger partial charge in [-0.15, -0.1) is 0 Å². The van der Waals surface area contributed by atoms with Gasteiger partial charge in [-0.3, -0.25) is 9.69 Å². The summed E-state index contributed by atoms with van der Waals surface area (Å²) in [6.07, 6.45) is 0.623. The maximum atomic E-state index is 12.2. The molecule has 1 aromatic heterocycles. The van der Waals surface area contributed by atoms with E-state index in [1.165, 1.54) is 0 Å². The third kappa shape index (κ3) is 4.31. The minimum Gasteiger partial charge on any atom is -0.340 e. The van der Waals surface area contributed by atoms with Crippen LogP contribution in [0.25, 0.3) is 0 Å². The molecule has 0 bridgehead atoms. The SMILES string of the molecule is Cc1noc(C(C)N2CCN(CCC(=O)N3CCNCC3)CC2)n1. The van der Waals surface area contributed by atoms with Gasteiger partial charge in [0.15, 0.2) is 5.82 Å². The summed E-state index contributed by atoms with van der Waals surface area (Å²) in [5, 5.41) is 7.15. The Hall–Kier alpha value is -1.51. The van der Waals surface area contributed by atoms with Gasteiger partial charge in [-0.2, -0.15) is 4.98 Å². The molecule has 134 valence electrons. The van der Waals surface area contributed by atoms with Crippen molar-refractivity contribution < 1.29 is 9.32 Å². The van der Waals surface area contributed by atoms with Crippen LogP contribution in [0.3, 0.4) is 0 Å². The van der Waals surface area contributed by atoms with Gasteiger partial charge >= 0.3 is 0 Å². The van der Waals surface area contributed by atoms with E-state index >= 15 is 0 Å². The van der Waals surface area contributed by atoms with Gasteiger partial charge in [0.25, 0.3) is 0 Å². The maximum absolute atomic E-state index is 12.2. The quantitative estimate of drug-likeness (QED) is 0.803. The van der Waals surface area contributed by atoms with Gasteiger partial charge in [0.05, 0.1) is 6.04 Å². The molecular weight excluding hydrogens is 308 g/mol. The van der Waals surface area contributed by atoms with Crippen molar-refractivity contribution in [1.29, 1.82) is 0 Å². The van der Waals surface area contributed by atoms with Gasteiger partial charge in [0.1, 0.15) is 0 Å². The van der Waals surface area contributed by atoms with Crippen LogP contribution in [0.4, 0.5) is 0 Å². The molecule has 0 aliphatic carbocycles. The molecule has 0 aromatic carbocycles. The van der Waals surface area contributed by atoms with Gasteiger partial charge < -0.3 is 19.6 Å². The fourth-order valence-corrected chi connectivity index (χ4v) is 3.34. The zero-order valence-electron chi connectivity index (χ0n) is 14.7. The fraction of sp³-hybridized carbons (Fsp3) is 0.812. The Balaban J connectivity index is 1.39. The van der Waals surface area contributed by atoms with Crippen molar-refractivity contribution in [2.45, 2.75) is 26.3 Å². The van der Waals surface area contributed by atoms with E-state index in [1.54, 1.807) is 0 Å². The zero-order valence-corrected chi connectivity index (χ0v) is 14.7. The lowest BCUT2D eigenvalue weighted by Crippen LogP contribution is -2.49. The number of piperazine rings is 2. The zero-order chi connectivity index (χ0) is 16.9. The molecule has 0 spiro atoms. The van der Waals surface area contributed by atoms with Crippen molar-refractivity contribution in [3.05, 3.63) is 11.7 Å². The summed E-state index contributed by atoms with van der Waals surface area (Å²) in [4.78, 5) is 23.3. The van der Waals surface area contributed by atoms with Crippen LogP contribution < -0.4 is 5.32 Å². The maximum Gasteiger partial charge on any atom is 0.243 e. The van der Waals surface area contributed by atoms with Crippen LogP contribution in [0.1, 0.15) is 31.1 Å². The molecule has 0 saturated carbocycles. The number of nitrogens with one attached hydrogen (secondary N) is 1. The Bertz CT molecular complexity index is 534. The molecule has 3 heterocycles. The molecule has 2 fully saturated rings. The van der Waals surface area contributed by atoms with Crippen LogP contribution in [0.2, 0.25) is 0 Å². The largest absolute Gasteiger partial charge is 0.340 e. The Morgan fingerprint density at radius 3 is 2.54 bits per heavy atom. The molecule has 8 heteroatoms. The van der Waals surface area contributed by atoms with Gasteiger partial charge in [-0.25, -0.2) is 0 Å². The summed E-state index contributed by atoms with van der Waals surface area (Å²) in [5.41, 5.74) is 0. The Labute approximate surface area is 143 Å². The van der Waals surface area contributed by atoms with Crippen LogP contribution in [0, 0.1) is 6.92 Å². The summed E-state index contributed by atoms with van der Waals surface area (Å²) in [5.74, 6) is 1.66. The summed E-state index contributed by atoms with van der Waals surface area (Å²) in [6, 6.07) is 0.149. The van der Waals surface area contributed by atoms with Crippen LogP contribution >= 0.6 is 0 Å². The standard InChI is InChI=1S/C16H28N6O2/c1-13(16-18-14(2)19-24-16)21-11-9-20(10-12-21)6-3-15(23)22-7-4-17-5-8-22/h13,17H,3-12H2,1-2H3. The van der Waals surface area contributed by atoms with E-state index in [0.29, 0.717) is 18.1 Å². The van der Waals surface area contributed by atoms with Crippen molar-refractivity contribution in [3.8, 4) is 0 Å². The first-order valence-electron chi connectivity index (χ1n) is 8.88. The highest BCUT2D eigenvalue weighted by atomic mass is 16.5. The lowest BCUT2D eigenvalue weighted by Gasteiger charge is -2.37. The van der Waals surface area contributed by atoms with E-state index < -0.39 is 0 Å². The summed E-state index contributed by atoms with van der Waals surface area (Å²) in [7, 11) is 0. The van der Waals surface area contributed by atoms with Crippen LogP contribution in [-0.4, -0.2) is 89.7 Å². The Kier molecular flexibility index (Phi) is 5.80. The van der Waals surface area contributed by atoms with Crippen molar-refractivity contribution >= 4 is 5.91 Å². The number of amides is 1. The molecule has 1 amide bonds. The highest BCUT2D eigenvalue weighted by Crippen LogP contribution is 2.20.